The normalized spacial score (nSPS) is 21.7. The summed E-state index contributed by atoms with van der Waals surface area (Å²) in [5.74, 6) is 2.16. The predicted molar refractivity (Wildman–Crippen MR) is 110 cm³/mol. The number of benzene rings is 2. The van der Waals surface area contributed by atoms with Crippen LogP contribution in [0.15, 0.2) is 36.4 Å². The van der Waals surface area contributed by atoms with Gasteiger partial charge in [0.15, 0.2) is 0 Å². The molecule has 25 heavy (non-hydrogen) atoms. The van der Waals surface area contributed by atoms with E-state index in [9.17, 15) is 0 Å². The molecule has 4 heteroatoms. The lowest BCUT2D eigenvalue weighted by Crippen LogP contribution is -2.19. The molecule has 0 saturated heterocycles. The molecule has 2 bridgehead atoms. The van der Waals surface area contributed by atoms with Crippen LogP contribution in [0.3, 0.4) is 0 Å². The van der Waals surface area contributed by atoms with Crippen LogP contribution in [0.25, 0.3) is 0 Å². The average molecular weight is 375 g/mol. The second kappa shape index (κ2) is 6.81. The van der Waals surface area contributed by atoms with E-state index in [1.807, 2.05) is 0 Å². The first-order valence-corrected chi connectivity index (χ1v) is 12.9. The standard InChI is InChI=1S/C21H26O2S2/c1-24(2)18-11-14-7-5-8-15-12-19(25(3)4)17-10-6-9-16(18)21(17)23-13-22-20(14)15/h5-10,18-19H,11-13H2,1-4H3/q+2. The zero-order valence-electron chi connectivity index (χ0n) is 15.4. The Kier molecular flexibility index (Phi) is 4.67. The molecular weight excluding hydrogens is 348 g/mol. The number of hydrogen-bond acceptors (Lipinski definition) is 2. The van der Waals surface area contributed by atoms with Crippen LogP contribution in [0.4, 0.5) is 0 Å². The zero-order chi connectivity index (χ0) is 17.6. The summed E-state index contributed by atoms with van der Waals surface area (Å²) in [5, 5.41) is 0.944. The quantitative estimate of drug-likeness (QED) is 0.738. The van der Waals surface area contributed by atoms with Gasteiger partial charge in [0.25, 0.3) is 0 Å². The first kappa shape index (κ1) is 17.2. The van der Waals surface area contributed by atoms with E-state index in [1.165, 1.54) is 22.3 Å². The van der Waals surface area contributed by atoms with Gasteiger partial charge >= 0.3 is 0 Å². The summed E-state index contributed by atoms with van der Waals surface area (Å²) in [6.45, 7) is 0.301. The second-order valence-electron chi connectivity index (χ2n) is 7.22. The fourth-order valence-electron chi connectivity index (χ4n) is 4.00. The van der Waals surface area contributed by atoms with E-state index in [0.29, 0.717) is 17.3 Å². The van der Waals surface area contributed by atoms with Crippen LogP contribution in [0, 0.1) is 0 Å². The molecule has 0 radical (unpaired) electrons. The Morgan fingerprint density at radius 1 is 0.720 bits per heavy atom. The predicted octanol–water partition coefficient (Wildman–Crippen LogP) is 4.05. The van der Waals surface area contributed by atoms with Gasteiger partial charge in [0.1, 0.15) is 22.0 Å². The molecule has 132 valence electrons. The van der Waals surface area contributed by atoms with Crippen molar-refractivity contribution in [3.63, 3.8) is 0 Å². The molecule has 2 aliphatic rings. The molecule has 0 spiro atoms. The lowest BCUT2D eigenvalue weighted by Gasteiger charge is -2.23. The zero-order valence-corrected chi connectivity index (χ0v) is 17.0. The Bertz CT molecular complexity index is 731. The maximum absolute atomic E-state index is 6.27. The minimum absolute atomic E-state index is 0.257. The molecule has 4 rings (SSSR count). The smallest absolute Gasteiger partial charge is 0.230 e. The van der Waals surface area contributed by atoms with Crippen molar-refractivity contribution in [2.24, 2.45) is 0 Å². The molecule has 0 saturated carbocycles. The van der Waals surface area contributed by atoms with E-state index < -0.39 is 0 Å². The molecule has 0 aromatic heterocycles. The highest BCUT2D eigenvalue weighted by Crippen LogP contribution is 2.45. The third-order valence-electron chi connectivity index (χ3n) is 5.30. The van der Waals surface area contributed by atoms with Crippen molar-refractivity contribution >= 4 is 21.8 Å². The lowest BCUT2D eigenvalue weighted by molar-refractivity contribution is 0.118. The third-order valence-corrected chi connectivity index (χ3v) is 8.42. The summed E-state index contributed by atoms with van der Waals surface area (Å²) in [7, 11) is 0.514. The fraction of sp³-hybridized carbons (Fsp3) is 0.429. The van der Waals surface area contributed by atoms with Gasteiger partial charge in [0.2, 0.25) is 6.79 Å². The molecule has 2 unspecified atom stereocenters. The summed E-state index contributed by atoms with van der Waals surface area (Å²) in [4.78, 5) is 0. The summed E-state index contributed by atoms with van der Waals surface area (Å²) in [6.07, 6.45) is 11.4. The number of hydrogen-bond donors (Lipinski definition) is 0. The maximum Gasteiger partial charge on any atom is 0.230 e. The average Bonchev–Trinajstić information content (AvgIpc) is 2.71. The van der Waals surface area contributed by atoms with Crippen molar-refractivity contribution in [1.82, 2.24) is 0 Å². The van der Waals surface area contributed by atoms with Crippen LogP contribution in [-0.4, -0.2) is 31.8 Å². The van der Waals surface area contributed by atoms with E-state index in [1.54, 1.807) is 0 Å². The molecular formula is C21H26O2S2+2. The number of ether oxygens (including phenoxy) is 2. The van der Waals surface area contributed by atoms with Gasteiger partial charge in [0.05, 0.1) is 25.0 Å². The van der Waals surface area contributed by atoms with E-state index in [0.717, 1.165) is 24.3 Å². The van der Waals surface area contributed by atoms with Gasteiger partial charge in [-0.2, -0.15) is 0 Å². The number of para-hydroxylation sites is 2. The SMILES string of the molecule is C[S+](C)C1Cc2cccc3c2OCOc2c1cccc2C([S+](C)C)C3. The molecule has 0 N–H and O–H groups in total. The Labute approximate surface area is 156 Å². The van der Waals surface area contributed by atoms with E-state index in [4.69, 9.17) is 9.47 Å². The fourth-order valence-corrected chi connectivity index (χ4v) is 6.41. The molecule has 0 amide bonds. The van der Waals surface area contributed by atoms with Gasteiger partial charge in [-0.1, -0.05) is 36.4 Å². The third kappa shape index (κ3) is 3.04. The van der Waals surface area contributed by atoms with Crippen molar-refractivity contribution in [1.29, 1.82) is 0 Å². The van der Waals surface area contributed by atoms with E-state index >= 15 is 0 Å². The summed E-state index contributed by atoms with van der Waals surface area (Å²) >= 11 is 0. The van der Waals surface area contributed by atoms with Crippen molar-refractivity contribution in [2.75, 3.05) is 31.8 Å². The minimum Gasteiger partial charge on any atom is -0.457 e. The molecule has 2 atom stereocenters. The number of rotatable bonds is 2. The Morgan fingerprint density at radius 3 is 1.72 bits per heavy atom. The Morgan fingerprint density at radius 2 is 1.20 bits per heavy atom. The minimum atomic E-state index is 0.257. The van der Waals surface area contributed by atoms with Crippen LogP contribution >= 0.6 is 0 Å². The number of fused-ring (bicyclic) bond motifs is 2. The van der Waals surface area contributed by atoms with Gasteiger partial charge in [-0.05, 0) is 32.9 Å². The van der Waals surface area contributed by atoms with Crippen LogP contribution < -0.4 is 9.47 Å². The molecule has 2 aromatic carbocycles. The topological polar surface area (TPSA) is 18.5 Å². The summed E-state index contributed by atoms with van der Waals surface area (Å²) in [6, 6.07) is 13.4. The van der Waals surface area contributed by atoms with Gasteiger partial charge in [-0.3, -0.25) is 0 Å². The van der Waals surface area contributed by atoms with Crippen molar-refractivity contribution in [3.8, 4) is 11.5 Å². The Balaban J connectivity index is 2.02. The lowest BCUT2D eigenvalue weighted by atomic mass is 9.92. The molecule has 2 heterocycles. The summed E-state index contributed by atoms with van der Waals surface area (Å²) in [5.41, 5.74) is 5.40. The highest BCUT2D eigenvalue weighted by atomic mass is 32.2. The maximum atomic E-state index is 6.27. The molecule has 2 nitrogen and oxygen atoms in total. The van der Waals surface area contributed by atoms with E-state index in [2.05, 4.69) is 61.4 Å². The molecule has 0 aliphatic carbocycles. The van der Waals surface area contributed by atoms with Crippen LogP contribution in [0.2, 0.25) is 0 Å². The summed E-state index contributed by atoms with van der Waals surface area (Å²) < 4.78 is 12.4. The first-order chi connectivity index (χ1) is 12.1. The van der Waals surface area contributed by atoms with Gasteiger partial charge < -0.3 is 9.47 Å². The van der Waals surface area contributed by atoms with Gasteiger partial charge in [-0.15, -0.1) is 0 Å². The van der Waals surface area contributed by atoms with Gasteiger partial charge in [-0.25, -0.2) is 0 Å². The highest BCUT2D eigenvalue weighted by Gasteiger charge is 2.37. The Hall–Kier alpha value is -1.26. The van der Waals surface area contributed by atoms with Gasteiger partial charge in [0, 0.05) is 24.0 Å². The molecule has 2 aliphatic heterocycles. The van der Waals surface area contributed by atoms with Crippen LogP contribution in [0.5, 0.6) is 11.5 Å². The van der Waals surface area contributed by atoms with Crippen molar-refractivity contribution < 1.29 is 9.47 Å². The highest BCUT2D eigenvalue weighted by molar-refractivity contribution is 7.96. The van der Waals surface area contributed by atoms with E-state index in [-0.39, 0.29) is 21.8 Å². The van der Waals surface area contributed by atoms with Crippen LogP contribution in [0.1, 0.15) is 32.8 Å². The first-order valence-electron chi connectivity index (χ1n) is 8.68. The molecule has 2 aromatic rings. The van der Waals surface area contributed by atoms with Crippen LogP contribution in [-0.2, 0) is 34.6 Å². The van der Waals surface area contributed by atoms with Crippen molar-refractivity contribution in [2.45, 2.75) is 23.3 Å². The largest absolute Gasteiger partial charge is 0.457 e. The van der Waals surface area contributed by atoms with Crippen molar-refractivity contribution in [3.05, 3.63) is 58.7 Å². The second-order valence-corrected chi connectivity index (χ2v) is 11.9. The molecule has 0 fully saturated rings. The monoisotopic (exact) mass is 374 g/mol.